The summed E-state index contributed by atoms with van der Waals surface area (Å²) in [6.45, 7) is 0.726. The average Bonchev–Trinajstić information content (AvgIpc) is 3.80. The Kier molecular flexibility index (Phi) is 23.1. The second-order valence-electron chi connectivity index (χ2n) is 12.1. The van der Waals surface area contributed by atoms with Crippen LogP contribution in [0.25, 0.3) is 0 Å². The highest BCUT2D eigenvalue weighted by atomic mass is 16.6. The molecule has 0 radical (unpaired) electrons. The smallest absolute Gasteiger partial charge is 0.253 e. The minimum absolute atomic E-state index is 0.00802. The third-order valence-electron chi connectivity index (χ3n) is 7.86. The maximum Gasteiger partial charge on any atom is 0.253 e. The summed E-state index contributed by atoms with van der Waals surface area (Å²) in [5, 5.41) is 23.8. The molecule has 0 aromatic carbocycles. The van der Waals surface area contributed by atoms with Gasteiger partial charge in [0.1, 0.15) is 6.23 Å². The third kappa shape index (κ3) is 20.6. The molecule has 2 aliphatic heterocycles. The van der Waals surface area contributed by atoms with E-state index in [9.17, 15) is 48.3 Å². The molecule has 0 saturated carbocycles. The molecule has 0 aromatic rings. The zero-order chi connectivity index (χ0) is 41.1. The molecule has 1 fully saturated rings. The van der Waals surface area contributed by atoms with Gasteiger partial charge in [0.05, 0.1) is 91.6 Å². The second kappa shape index (κ2) is 27.5. The normalized spacial score (nSPS) is 15.4. The molecule has 0 aliphatic carbocycles. The Balaban J connectivity index is 1.33. The van der Waals surface area contributed by atoms with Crippen molar-refractivity contribution in [2.75, 3.05) is 105 Å². The van der Waals surface area contributed by atoms with E-state index in [-0.39, 0.29) is 71.4 Å². The van der Waals surface area contributed by atoms with Crippen LogP contribution in [0.5, 0.6) is 0 Å². The van der Waals surface area contributed by atoms with Crippen molar-refractivity contribution in [1.29, 1.82) is 0 Å². The number of amides is 9. The van der Waals surface area contributed by atoms with Crippen molar-refractivity contribution < 1.29 is 67.2 Å². The number of aliphatic hydroxyl groups is 1. The van der Waals surface area contributed by atoms with Crippen LogP contribution in [0.1, 0.15) is 25.7 Å². The number of carbonyl (C=O) groups is 9. The van der Waals surface area contributed by atoms with Crippen molar-refractivity contribution in [2.24, 2.45) is 5.73 Å². The van der Waals surface area contributed by atoms with Crippen LogP contribution in [0.4, 0.5) is 0 Å². The standard InChI is InChI=1S/C33H53N9O14/c34-33(52)23-2-1-8-41(23)32(51)22-40-29(48)21-39-28(47)20-38-27(46)19-37-26(45)18-36-25(44)6-10-53-12-14-55-16-17-56-15-13-54-11-7-35-24(43)5-9-42-30(49)3-4-31(42)50/h3-4,23,33,52H,1-2,5-22,34H2,(H,35,43)(H,36,44)(H,37,45)(H,38,46)(H,39,47)(H,40,48)/t23-,33?/m1/s1. The van der Waals surface area contributed by atoms with Gasteiger partial charge in [0.15, 0.2) is 0 Å². The number of likely N-dealkylation sites (tertiary alicyclic amines) is 1. The van der Waals surface area contributed by atoms with Gasteiger partial charge in [0.2, 0.25) is 41.4 Å². The van der Waals surface area contributed by atoms with E-state index in [4.69, 9.17) is 24.7 Å². The minimum atomic E-state index is -1.18. The molecule has 2 aliphatic rings. The predicted molar refractivity (Wildman–Crippen MR) is 191 cm³/mol. The lowest BCUT2D eigenvalue weighted by molar-refractivity contribution is -0.137. The summed E-state index contributed by atoms with van der Waals surface area (Å²) >= 11 is 0. The monoisotopic (exact) mass is 799 g/mol. The number of nitrogens with zero attached hydrogens (tertiary/aromatic N) is 2. The van der Waals surface area contributed by atoms with Gasteiger partial charge in [-0.1, -0.05) is 0 Å². The van der Waals surface area contributed by atoms with Crippen LogP contribution in [0.3, 0.4) is 0 Å². The fourth-order valence-electron chi connectivity index (χ4n) is 4.93. The summed E-state index contributed by atoms with van der Waals surface area (Å²) in [5.41, 5.74) is 5.47. The highest BCUT2D eigenvalue weighted by Gasteiger charge is 2.32. The number of aliphatic hydroxyl groups excluding tert-OH is 1. The number of nitrogens with one attached hydrogen (secondary N) is 6. The maximum absolute atomic E-state index is 12.3. The number of rotatable bonds is 29. The molecular weight excluding hydrogens is 746 g/mol. The number of hydrogen-bond donors (Lipinski definition) is 8. The fraction of sp³-hybridized carbons (Fsp3) is 0.667. The van der Waals surface area contributed by atoms with E-state index < -0.39 is 79.2 Å². The molecule has 1 unspecified atom stereocenters. The Bertz CT molecular complexity index is 1360. The number of carbonyl (C=O) groups excluding carboxylic acids is 9. The van der Waals surface area contributed by atoms with Gasteiger partial charge in [-0.25, -0.2) is 0 Å². The van der Waals surface area contributed by atoms with Crippen molar-refractivity contribution in [1.82, 2.24) is 41.7 Å². The number of hydrogen-bond acceptors (Lipinski definition) is 15. The van der Waals surface area contributed by atoms with Gasteiger partial charge in [-0.3, -0.25) is 48.1 Å². The van der Waals surface area contributed by atoms with E-state index in [2.05, 4.69) is 31.9 Å². The molecule has 314 valence electrons. The lowest BCUT2D eigenvalue weighted by Crippen LogP contribution is -2.50. The number of nitrogens with two attached hydrogens (primary N) is 1. The molecule has 2 atom stereocenters. The van der Waals surface area contributed by atoms with Gasteiger partial charge < -0.3 is 66.6 Å². The zero-order valence-electron chi connectivity index (χ0n) is 31.2. The largest absolute Gasteiger partial charge is 0.379 e. The molecule has 0 bridgehead atoms. The van der Waals surface area contributed by atoms with Crippen molar-refractivity contribution in [3.05, 3.63) is 12.2 Å². The first kappa shape index (κ1) is 47.1. The van der Waals surface area contributed by atoms with Crippen LogP contribution in [-0.2, 0) is 62.1 Å². The van der Waals surface area contributed by atoms with Gasteiger partial charge in [-0.2, -0.15) is 0 Å². The van der Waals surface area contributed by atoms with E-state index in [1.807, 2.05) is 0 Å². The highest BCUT2D eigenvalue weighted by molar-refractivity contribution is 6.13. The zero-order valence-corrected chi connectivity index (χ0v) is 31.2. The average molecular weight is 800 g/mol. The summed E-state index contributed by atoms with van der Waals surface area (Å²) in [6, 6.07) is -0.514. The molecule has 9 N–H and O–H groups in total. The Hall–Kier alpha value is -5.07. The van der Waals surface area contributed by atoms with Crippen molar-refractivity contribution in [3.63, 3.8) is 0 Å². The molecule has 23 heteroatoms. The second-order valence-corrected chi connectivity index (χ2v) is 12.1. The van der Waals surface area contributed by atoms with Crippen LogP contribution in [0.2, 0.25) is 0 Å². The molecule has 2 heterocycles. The van der Waals surface area contributed by atoms with Gasteiger partial charge in [-0.05, 0) is 12.8 Å². The summed E-state index contributed by atoms with van der Waals surface area (Å²) in [6.07, 6.45) is 2.38. The van der Waals surface area contributed by atoms with Crippen molar-refractivity contribution in [2.45, 2.75) is 38.0 Å². The lowest BCUT2D eigenvalue weighted by Gasteiger charge is -2.26. The number of ether oxygens (including phenoxy) is 4. The van der Waals surface area contributed by atoms with Gasteiger partial charge in [0.25, 0.3) is 11.8 Å². The van der Waals surface area contributed by atoms with Gasteiger partial charge in [-0.15, -0.1) is 0 Å². The van der Waals surface area contributed by atoms with Crippen LogP contribution >= 0.6 is 0 Å². The minimum Gasteiger partial charge on any atom is -0.379 e. The first-order valence-electron chi connectivity index (χ1n) is 18.0. The third-order valence-corrected chi connectivity index (χ3v) is 7.86. The Morgan fingerprint density at radius 1 is 0.625 bits per heavy atom. The van der Waals surface area contributed by atoms with E-state index in [1.54, 1.807) is 0 Å². The first-order chi connectivity index (χ1) is 26.9. The topological polar surface area (TPSA) is 315 Å². The Morgan fingerprint density at radius 3 is 1.55 bits per heavy atom. The Labute approximate surface area is 323 Å². The highest BCUT2D eigenvalue weighted by Crippen LogP contribution is 2.18. The van der Waals surface area contributed by atoms with Crippen molar-refractivity contribution in [3.8, 4) is 0 Å². The Morgan fingerprint density at radius 2 is 1.05 bits per heavy atom. The van der Waals surface area contributed by atoms with Crippen LogP contribution in [0.15, 0.2) is 12.2 Å². The molecule has 56 heavy (non-hydrogen) atoms. The van der Waals surface area contributed by atoms with E-state index in [0.717, 1.165) is 17.1 Å². The molecule has 1 saturated heterocycles. The van der Waals surface area contributed by atoms with Crippen LogP contribution in [0, 0.1) is 0 Å². The fourth-order valence-corrected chi connectivity index (χ4v) is 4.93. The molecule has 0 spiro atoms. The maximum atomic E-state index is 12.3. The van der Waals surface area contributed by atoms with Gasteiger partial charge >= 0.3 is 0 Å². The summed E-state index contributed by atoms with van der Waals surface area (Å²) in [4.78, 5) is 109. The van der Waals surface area contributed by atoms with Crippen LogP contribution in [-0.4, -0.2) is 186 Å². The van der Waals surface area contributed by atoms with E-state index in [0.29, 0.717) is 45.8 Å². The quantitative estimate of drug-likeness (QED) is 0.0198. The number of imide groups is 1. The molecule has 23 nitrogen and oxygen atoms in total. The van der Waals surface area contributed by atoms with Gasteiger partial charge in [0, 0.05) is 44.6 Å². The molecule has 2 rings (SSSR count). The van der Waals surface area contributed by atoms with Crippen LogP contribution < -0.4 is 37.6 Å². The van der Waals surface area contributed by atoms with E-state index >= 15 is 0 Å². The van der Waals surface area contributed by atoms with E-state index in [1.165, 1.54) is 4.90 Å². The molecular formula is C33H53N9O14. The predicted octanol–water partition coefficient (Wildman–Crippen LogP) is -6.28. The first-order valence-corrected chi connectivity index (χ1v) is 18.0. The molecule has 9 amide bonds. The van der Waals surface area contributed by atoms with Crippen molar-refractivity contribution >= 4 is 53.2 Å². The summed E-state index contributed by atoms with van der Waals surface area (Å²) in [5.74, 6) is -4.67. The molecule has 0 aromatic heterocycles. The summed E-state index contributed by atoms with van der Waals surface area (Å²) < 4.78 is 21.4. The lowest BCUT2D eigenvalue weighted by atomic mass is 10.2. The summed E-state index contributed by atoms with van der Waals surface area (Å²) in [7, 11) is 0. The SMILES string of the molecule is NC(O)[C@H]1CCCN1C(=O)CNC(=O)CNC(=O)CNC(=O)CNC(=O)CNC(=O)CCOCCOCCOCCOCCNC(=O)CCN1C(=O)C=CC1=O.